The lowest BCUT2D eigenvalue weighted by molar-refractivity contribution is -0.144. The van der Waals surface area contributed by atoms with Crippen molar-refractivity contribution in [2.75, 3.05) is 25.1 Å². The standard InChI is InChI=1S/C11H13ClF3N3O/c12-8-5-9(18-10(17-8)11(13,14)15)16-6-7-1-3-19-4-2-7/h5,7H,1-4,6H2,(H,16,17,18). The summed E-state index contributed by atoms with van der Waals surface area (Å²) in [6.45, 7) is 1.92. The number of halogens is 4. The summed E-state index contributed by atoms with van der Waals surface area (Å²) < 4.78 is 42.8. The second kappa shape index (κ2) is 5.92. The Morgan fingerprint density at radius 2 is 2.00 bits per heavy atom. The zero-order chi connectivity index (χ0) is 13.9. The van der Waals surface area contributed by atoms with Crippen molar-refractivity contribution in [3.63, 3.8) is 0 Å². The number of hydrogen-bond donors (Lipinski definition) is 1. The van der Waals surface area contributed by atoms with Gasteiger partial charge in [-0.1, -0.05) is 11.6 Å². The highest BCUT2D eigenvalue weighted by Gasteiger charge is 2.35. The highest BCUT2D eigenvalue weighted by atomic mass is 35.5. The second-order valence-corrected chi connectivity index (χ2v) is 4.72. The predicted molar refractivity (Wildman–Crippen MR) is 64.1 cm³/mol. The predicted octanol–water partition coefficient (Wildman–Crippen LogP) is 2.99. The molecule has 0 radical (unpaired) electrons. The highest BCUT2D eigenvalue weighted by molar-refractivity contribution is 6.29. The largest absolute Gasteiger partial charge is 0.451 e. The molecular weight excluding hydrogens is 283 g/mol. The normalized spacial score (nSPS) is 17.5. The Labute approximate surface area is 113 Å². The van der Waals surface area contributed by atoms with Crippen LogP contribution in [0.2, 0.25) is 5.15 Å². The van der Waals surface area contributed by atoms with Crippen molar-refractivity contribution in [3.05, 3.63) is 17.0 Å². The van der Waals surface area contributed by atoms with E-state index >= 15 is 0 Å². The molecule has 0 atom stereocenters. The van der Waals surface area contributed by atoms with E-state index in [0.717, 1.165) is 12.8 Å². The van der Waals surface area contributed by atoms with Gasteiger partial charge in [0.25, 0.3) is 0 Å². The summed E-state index contributed by atoms with van der Waals surface area (Å²) in [4.78, 5) is 6.60. The summed E-state index contributed by atoms with van der Waals surface area (Å²) in [6.07, 6.45) is -2.82. The molecule has 0 aromatic carbocycles. The minimum atomic E-state index is -4.60. The van der Waals surface area contributed by atoms with E-state index in [1.807, 2.05) is 0 Å². The maximum atomic E-state index is 12.5. The number of aromatic nitrogens is 2. The molecule has 1 fully saturated rings. The second-order valence-electron chi connectivity index (χ2n) is 4.33. The monoisotopic (exact) mass is 295 g/mol. The summed E-state index contributed by atoms with van der Waals surface area (Å²) in [5.41, 5.74) is 0. The molecule has 4 nitrogen and oxygen atoms in total. The SMILES string of the molecule is FC(F)(F)c1nc(Cl)cc(NCC2CCOCC2)n1. The molecule has 2 rings (SSSR count). The molecule has 0 aliphatic carbocycles. The maximum Gasteiger partial charge on any atom is 0.451 e. The van der Waals surface area contributed by atoms with Gasteiger partial charge < -0.3 is 10.1 Å². The summed E-state index contributed by atoms with van der Waals surface area (Å²) >= 11 is 5.57. The van der Waals surface area contributed by atoms with Crippen LogP contribution in [-0.2, 0) is 10.9 Å². The van der Waals surface area contributed by atoms with Gasteiger partial charge in [0.05, 0.1) is 0 Å². The van der Waals surface area contributed by atoms with Gasteiger partial charge in [-0.05, 0) is 18.8 Å². The Balaban J connectivity index is 2.01. The van der Waals surface area contributed by atoms with Crippen LogP contribution in [0.3, 0.4) is 0 Å². The van der Waals surface area contributed by atoms with Crippen LogP contribution in [0.4, 0.5) is 19.0 Å². The van der Waals surface area contributed by atoms with Crippen molar-refractivity contribution in [2.45, 2.75) is 19.0 Å². The Bertz CT molecular complexity index is 436. The van der Waals surface area contributed by atoms with E-state index in [4.69, 9.17) is 16.3 Å². The van der Waals surface area contributed by atoms with E-state index in [2.05, 4.69) is 15.3 Å². The number of ether oxygens (including phenoxy) is 1. The highest BCUT2D eigenvalue weighted by Crippen LogP contribution is 2.28. The van der Waals surface area contributed by atoms with Crippen LogP contribution in [-0.4, -0.2) is 29.7 Å². The van der Waals surface area contributed by atoms with Gasteiger partial charge in [-0.2, -0.15) is 13.2 Å². The molecule has 1 aromatic heterocycles. The topological polar surface area (TPSA) is 47.0 Å². The third-order valence-corrected chi connectivity index (χ3v) is 3.05. The third kappa shape index (κ3) is 4.21. The van der Waals surface area contributed by atoms with Gasteiger partial charge in [-0.25, -0.2) is 9.97 Å². The smallest absolute Gasteiger partial charge is 0.381 e. The molecule has 1 N–H and O–H groups in total. The molecule has 0 saturated carbocycles. The van der Waals surface area contributed by atoms with Crippen molar-refractivity contribution in [3.8, 4) is 0 Å². The summed E-state index contributed by atoms with van der Waals surface area (Å²) in [7, 11) is 0. The van der Waals surface area contributed by atoms with Crippen molar-refractivity contribution in [2.24, 2.45) is 5.92 Å². The zero-order valence-electron chi connectivity index (χ0n) is 10.0. The van der Waals surface area contributed by atoms with E-state index < -0.39 is 12.0 Å². The van der Waals surface area contributed by atoms with Crippen LogP contribution in [0, 0.1) is 5.92 Å². The van der Waals surface area contributed by atoms with Gasteiger partial charge in [-0.3, -0.25) is 0 Å². The molecule has 0 bridgehead atoms. The summed E-state index contributed by atoms with van der Waals surface area (Å²) in [5, 5.41) is 2.65. The van der Waals surface area contributed by atoms with Gasteiger partial charge in [-0.15, -0.1) is 0 Å². The summed E-state index contributed by atoms with van der Waals surface area (Å²) in [5.74, 6) is -0.759. The molecule has 106 valence electrons. The molecular formula is C11H13ClF3N3O. The van der Waals surface area contributed by atoms with Crippen molar-refractivity contribution in [1.29, 1.82) is 0 Å². The van der Waals surface area contributed by atoms with Crippen molar-refractivity contribution < 1.29 is 17.9 Å². The van der Waals surface area contributed by atoms with E-state index in [0.29, 0.717) is 25.7 Å². The van der Waals surface area contributed by atoms with Crippen LogP contribution in [0.15, 0.2) is 6.07 Å². The molecule has 0 spiro atoms. The zero-order valence-corrected chi connectivity index (χ0v) is 10.8. The van der Waals surface area contributed by atoms with Crippen LogP contribution < -0.4 is 5.32 Å². The van der Waals surface area contributed by atoms with Gasteiger partial charge in [0, 0.05) is 25.8 Å². The number of nitrogens with one attached hydrogen (secondary N) is 1. The van der Waals surface area contributed by atoms with E-state index in [-0.39, 0.29) is 11.0 Å². The molecule has 1 aromatic rings. The van der Waals surface area contributed by atoms with E-state index in [1.165, 1.54) is 6.07 Å². The quantitative estimate of drug-likeness (QED) is 0.871. The Morgan fingerprint density at radius 3 is 2.63 bits per heavy atom. The minimum absolute atomic E-state index is 0.0961. The van der Waals surface area contributed by atoms with Crippen molar-refractivity contribution in [1.82, 2.24) is 9.97 Å². The maximum absolute atomic E-state index is 12.5. The number of alkyl halides is 3. The number of nitrogens with zero attached hydrogens (tertiary/aromatic N) is 2. The molecule has 1 saturated heterocycles. The van der Waals surface area contributed by atoms with Gasteiger partial charge in [0.1, 0.15) is 11.0 Å². The number of anilines is 1. The minimum Gasteiger partial charge on any atom is -0.381 e. The van der Waals surface area contributed by atoms with Crippen LogP contribution in [0.1, 0.15) is 18.7 Å². The lowest BCUT2D eigenvalue weighted by atomic mass is 10.0. The Morgan fingerprint density at radius 1 is 1.32 bits per heavy atom. The average Bonchev–Trinajstić information content (AvgIpc) is 2.36. The summed E-state index contributed by atoms with van der Waals surface area (Å²) in [6, 6.07) is 1.29. The Hall–Kier alpha value is -1.08. The molecule has 1 aliphatic rings. The molecule has 8 heteroatoms. The van der Waals surface area contributed by atoms with Gasteiger partial charge >= 0.3 is 6.18 Å². The molecule has 2 heterocycles. The fraction of sp³-hybridized carbons (Fsp3) is 0.636. The molecule has 19 heavy (non-hydrogen) atoms. The fourth-order valence-electron chi connectivity index (χ4n) is 1.83. The van der Waals surface area contributed by atoms with Crippen LogP contribution >= 0.6 is 11.6 Å². The molecule has 0 unspecified atom stereocenters. The average molecular weight is 296 g/mol. The van der Waals surface area contributed by atoms with E-state index in [9.17, 15) is 13.2 Å². The number of hydrogen-bond acceptors (Lipinski definition) is 4. The fourth-order valence-corrected chi connectivity index (χ4v) is 2.02. The Kier molecular flexibility index (Phi) is 4.46. The lowest BCUT2D eigenvalue weighted by Crippen LogP contribution is -2.23. The first-order valence-electron chi connectivity index (χ1n) is 5.88. The first-order valence-corrected chi connectivity index (χ1v) is 6.26. The van der Waals surface area contributed by atoms with Crippen molar-refractivity contribution >= 4 is 17.4 Å². The van der Waals surface area contributed by atoms with Crippen LogP contribution in [0.25, 0.3) is 0 Å². The number of rotatable bonds is 3. The molecule has 1 aliphatic heterocycles. The first-order chi connectivity index (χ1) is 8.95. The van der Waals surface area contributed by atoms with Gasteiger partial charge in [0.2, 0.25) is 5.82 Å². The lowest BCUT2D eigenvalue weighted by Gasteiger charge is -2.22. The van der Waals surface area contributed by atoms with Gasteiger partial charge in [0.15, 0.2) is 0 Å². The first kappa shape index (κ1) is 14.3. The molecule has 0 amide bonds. The third-order valence-electron chi connectivity index (χ3n) is 2.86. The van der Waals surface area contributed by atoms with E-state index in [1.54, 1.807) is 0 Å². The van der Waals surface area contributed by atoms with Crippen LogP contribution in [0.5, 0.6) is 0 Å².